The van der Waals surface area contributed by atoms with Gasteiger partial charge in [0.2, 0.25) is 5.82 Å². The van der Waals surface area contributed by atoms with Crippen molar-refractivity contribution < 1.29 is 14.3 Å². The average Bonchev–Trinajstić information content (AvgIpc) is 3.33. The normalized spacial score (nSPS) is 11.4. The van der Waals surface area contributed by atoms with Crippen molar-refractivity contribution >= 4 is 28.9 Å². The van der Waals surface area contributed by atoms with Crippen molar-refractivity contribution in [3.63, 3.8) is 0 Å². The van der Waals surface area contributed by atoms with Gasteiger partial charge in [-0.1, -0.05) is 12.1 Å². The number of benzene rings is 1. The summed E-state index contributed by atoms with van der Waals surface area (Å²) in [4.78, 5) is 26.1. The first-order valence-corrected chi connectivity index (χ1v) is 8.75. The largest absolute Gasteiger partial charge is 0.451 e. The van der Waals surface area contributed by atoms with Crippen LogP contribution in [0.15, 0.2) is 41.8 Å². The molecule has 0 aliphatic rings. The lowest BCUT2D eigenvalue weighted by Crippen LogP contribution is -2.31. The first-order chi connectivity index (χ1) is 13.0. The maximum Gasteiger partial charge on any atom is 0.330 e. The topological polar surface area (TPSA) is 123 Å². The fourth-order valence-corrected chi connectivity index (χ4v) is 2.78. The lowest BCUT2D eigenvalue weighted by atomic mass is 10.2. The van der Waals surface area contributed by atoms with Crippen LogP contribution in [0.25, 0.3) is 10.7 Å². The molecule has 10 heteroatoms. The van der Waals surface area contributed by atoms with Crippen LogP contribution in [0.1, 0.15) is 12.5 Å². The number of esters is 1. The van der Waals surface area contributed by atoms with E-state index in [1.165, 1.54) is 24.3 Å². The van der Waals surface area contributed by atoms with Crippen molar-refractivity contribution in [1.29, 1.82) is 5.26 Å². The first-order valence-electron chi connectivity index (χ1n) is 7.87. The Balaban J connectivity index is 1.54. The van der Waals surface area contributed by atoms with E-state index in [1.54, 1.807) is 18.2 Å². The van der Waals surface area contributed by atoms with E-state index in [-0.39, 0.29) is 6.54 Å². The standard InChI is InChI=1S/C17H14N6O3S/c1-11(17(25)19-13-5-2-4-12(8-13)9-18)26-15(24)10-23-21-16(20-22-23)14-6-3-7-27-14/h2-8,11H,10H2,1H3,(H,19,25)/t11-/m1/s1. The highest BCUT2D eigenvalue weighted by Gasteiger charge is 2.19. The molecule has 9 nitrogen and oxygen atoms in total. The van der Waals surface area contributed by atoms with Crippen molar-refractivity contribution in [2.24, 2.45) is 0 Å². The number of nitrogens with one attached hydrogen (secondary N) is 1. The van der Waals surface area contributed by atoms with Crippen molar-refractivity contribution in [2.75, 3.05) is 5.32 Å². The number of hydrogen-bond donors (Lipinski definition) is 1. The highest BCUT2D eigenvalue weighted by atomic mass is 32.1. The molecule has 2 aromatic heterocycles. The summed E-state index contributed by atoms with van der Waals surface area (Å²) in [6, 6.07) is 12.1. The number of rotatable bonds is 6. The molecule has 0 bridgehead atoms. The molecule has 27 heavy (non-hydrogen) atoms. The van der Waals surface area contributed by atoms with Crippen LogP contribution < -0.4 is 5.32 Å². The first kappa shape index (κ1) is 18.2. The number of tetrazole rings is 1. The Morgan fingerprint density at radius 1 is 1.37 bits per heavy atom. The molecular weight excluding hydrogens is 368 g/mol. The summed E-state index contributed by atoms with van der Waals surface area (Å²) in [5.41, 5.74) is 0.858. The van der Waals surface area contributed by atoms with Gasteiger partial charge in [0, 0.05) is 5.69 Å². The second kappa shape index (κ2) is 8.20. The smallest absolute Gasteiger partial charge is 0.330 e. The minimum Gasteiger partial charge on any atom is -0.451 e. The van der Waals surface area contributed by atoms with Gasteiger partial charge in [-0.05, 0) is 41.8 Å². The number of nitrogens with zero attached hydrogens (tertiary/aromatic N) is 5. The number of hydrogen-bond acceptors (Lipinski definition) is 8. The van der Waals surface area contributed by atoms with Gasteiger partial charge in [-0.25, -0.2) is 4.79 Å². The molecular formula is C17H14N6O3S. The molecule has 0 saturated carbocycles. The highest BCUT2D eigenvalue weighted by molar-refractivity contribution is 7.13. The third kappa shape index (κ3) is 4.74. The minimum atomic E-state index is -1.02. The summed E-state index contributed by atoms with van der Waals surface area (Å²) in [6.45, 7) is 1.19. The number of anilines is 1. The van der Waals surface area contributed by atoms with Crippen molar-refractivity contribution in [3.05, 3.63) is 47.3 Å². The molecule has 1 atom stereocenters. The van der Waals surface area contributed by atoms with Gasteiger partial charge in [0.15, 0.2) is 12.6 Å². The Kier molecular flexibility index (Phi) is 5.53. The summed E-state index contributed by atoms with van der Waals surface area (Å²) in [5.74, 6) is -0.760. The molecule has 1 amide bonds. The highest BCUT2D eigenvalue weighted by Crippen LogP contribution is 2.19. The maximum atomic E-state index is 12.1. The monoisotopic (exact) mass is 382 g/mol. The molecule has 0 unspecified atom stereocenters. The van der Waals surface area contributed by atoms with Gasteiger partial charge < -0.3 is 10.1 Å². The van der Waals surface area contributed by atoms with E-state index in [9.17, 15) is 9.59 Å². The van der Waals surface area contributed by atoms with Gasteiger partial charge >= 0.3 is 5.97 Å². The Labute approximate surface area is 158 Å². The van der Waals surface area contributed by atoms with E-state index in [4.69, 9.17) is 10.00 Å². The molecule has 3 rings (SSSR count). The van der Waals surface area contributed by atoms with Crippen LogP contribution in [-0.4, -0.2) is 38.2 Å². The van der Waals surface area contributed by atoms with Gasteiger partial charge in [0.05, 0.1) is 16.5 Å². The van der Waals surface area contributed by atoms with Crippen LogP contribution in [0, 0.1) is 11.3 Å². The number of aromatic nitrogens is 4. The molecule has 0 aliphatic carbocycles. The minimum absolute atomic E-state index is 0.264. The number of thiophene rings is 1. The SMILES string of the molecule is C[C@@H](OC(=O)Cn1nnc(-c2cccs2)n1)C(=O)Nc1cccc(C#N)c1. The van der Waals surface area contributed by atoms with Crippen molar-refractivity contribution in [2.45, 2.75) is 19.6 Å². The molecule has 3 aromatic rings. The zero-order valence-corrected chi connectivity index (χ0v) is 15.0. The fourth-order valence-electron chi connectivity index (χ4n) is 2.13. The Morgan fingerprint density at radius 3 is 2.96 bits per heavy atom. The van der Waals surface area contributed by atoms with Crippen molar-refractivity contribution in [3.8, 4) is 16.8 Å². The Bertz CT molecular complexity index is 992. The Morgan fingerprint density at radius 2 is 2.22 bits per heavy atom. The average molecular weight is 382 g/mol. The molecule has 0 radical (unpaired) electrons. The summed E-state index contributed by atoms with van der Waals surface area (Å²) in [7, 11) is 0. The third-order valence-electron chi connectivity index (χ3n) is 3.40. The molecule has 1 N–H and O–H groups in total. The lowest BCUT2D eigenvalue weighted by Gasteiger charge is -2.13. The number of amides is 1. The predicted molar refractivity (Wildman–Crippen MR) is 96.5 cm³/mol. The third-order valence-corrected chi connectivity index (χ3v) is 4.27. The summed E-state index contributed by atoms with van der Waals surface area (Å²) in [6.07, 6.45) is -1.02. The van der Waals surface area contributed by atoms with E-state index in [2.05, 4.69) is 20.7 Å². The predicted octanol–water partition coefficient (Wildman–Crippen LogP) is 1.84. The van der Waals surface area contributed by atoms with Gasteiger partial charge in [0.25, 0.3) is 5.91 Å². The second-order valence-electron chi connectivity index (χ2n) is 5.43. The van der Waals surface area contributed by atoms with Crippen LogP contribution in [0.4, 0.5) is 5.69 Å². The van der Waals surface area contributed by atoms with Crippen molar-refractivity contribution in [1.82, 2.24) is 20.2 Å². The zero-order chi connectivity index (χ0) is 19.2. The number of nitriles is 1. The van der Waals surface area contributed by atoms with Gasteiger partial charge in [-0.3, -0.25) is 4.79 Å². The molecule has 0 fully saturated rings. The van der Waals surface area contributed by atoms with E-state index in [1.807, 2.05) is 23.6 Å². The van der Waals surface area contributed by atoms with E-state index in [0.29, 0.717) is 17.1 Å². The van der Waals surface area contributed by atoms with Gasteiger partial charge in [-0.15, -0.1) is 21.5 Å². The maximum absolute atomic E-state index is 12.1. The van der Waals surface area contributed by atoms with Gasteiger partial charge in [-0.2, -0.15) is 10.1 Å². The number of ether oxygens (including phenoxy) is 1. The molecule has 2 heterocycles. The van der Waals surface area contributed by atoms with E-state index in [0.717, 1.165) is 9.67 Å². The van der Waals surface area contributed by atoms with Crippen LogP contribution in [-0.2, 0) is 20.9 Å². The lowest BCUT2D eigenvalue weighted by molar-refractivity contribution is -0.154. The van der Waals surface area contributed by atoms with Crippen LogP contribution in [0.5, 0.6) is 0 Å². The number of carbonyl (C=O) groups excluding carboxylic acids is 2. The van der Waals surface area contributed by atoms with E-state index >= 15 is 0 Å². The second-order valence-corrected chi connectivity index (χ2v) is 6.38. The molecule has 0 aliphatic heterocycles. The molecule has 0 saturated heterocycles. The van der Waals surface area contributed by atoms with Crippen LogP contribution >= 0.6 is 11.3 Å². The van der Waals surface area contributed by atoms with Crippen LogP contribution in [0.3, 0.4) is 0 Å². The Hall–Kier alpha value is -3.58. The quantitative estimate of drug-likeness (QED) is 0.645. The summed E-state index contributed by atoms with van der Waals surface area (Å²) in [5, 5.41) is 25.1. The summed E-state index contributed by atoms with van der Waals surface area (Å²) >= 11 is 1.46. The zero-order valence-electron chi connectivity index (χ0n) is 14.2. The molecule has 136 valence electrons. The van der Waals surface area contributed by atoms with E-state index < -0.39 is 18.0 Å². The fraction of sp³-hybridized carbons (Fsp3) is 0.176. The number of carbonyl (C=O) groups is 2. The van der Waals surface area contributed by atoms with Crippen LogP contribution in [0.2, 0.25) is 0 Å². The summed E-state index contributed by atoms with van der Waals surface area (Å²) < 4.78 is 5.10. The molecule has 0 spiro atoms. The van der Waals surface area contributed by atoms with Gasteiger partial charge in [0.1, 0.15) is 0 Å². The molecule has 1 aromatic carbocycles.